The van der Waals surface area contributed by atoms with E-state index in [4.69, 9.17) is 5.73 Å². The number of halogens is 2. The van der Waals surface area contributed by atoms with Gasteiger partial charge in [-0.2, -0.15) is 0 Å². The molecule has 5 heteroatoms. The van der Waals surface area contributed by atoms with Crippen LogP contribution in [0.3, 0.4) is 0 Å². The van der Waals surface area contributed by atoms with Crippen molar-refractivity contribution < 1.29 is 9.18 Å². The summed E-state index contributed by atoms with van der Waals surface area (Å²) in [5.74, 6) is -0.215. The van der Waals surface area contributed by atoms with Crippen molar-refractivity contribution in [2.45, 2.75) is 37.5 Å². The Morgan fingerprint density at radius 2 is 1.64 bits per heavy atom. The second-order valence-electron chi connectivity index (χ2n) is 6.69. The zero-order chi connectivity index (χ0) is 17.0. The number of anilines is 1. The van der Waals surface area contributed by atoms with Crippen molar-refractivity contribution in [2.24, 2.45) is 0 Å². The van der Waals surface area contributed by atoms with E-state index in [0.717, 1.165) is 36.8 Å². The van der Waals surface area contributed by atoms with Gasteiger partial charge in [0.2, 0.25) is 5.91 Å². The lowest BCUT2D eigenvalue weighted by atomic mass is 9.78. The lowest BCUT2D eigenvalue weighted by Gasteiger charge is -2.30. The van der Waals surface area contributed by atoms with Crippen molar-refractivity contribution in [3.63, 3.8) is 0 Å². The topological polar surface area (TPSA) is 55.1 Å². The number of nitrogen functional groups attached to an aromatic ring is 1. The third kappa shape index (κ3) is 4.73. The van der Waals surface area contributed by atoms with Crippen molar-refractivity contribution in [1.82, 2.24) is 5.32 Å². The summed E-state index contributed by atoms with van der Waals surface area (Å²) in [4.78, 5) is 12.3. The highest BCUT2D eigenvalue weighted by Gasteiger charge is 2.35. The maximum Gasteiger partial charge on any atom is 0.224 e. The molecule has 0 radical (unpaired) electrons. The Morgan fingerprint density at radius 3 is 2.24 bits per heavy atom. The Labute approximate surface area is 154 Å². The highest BCUT2D eigenvalue weighted by molar-refractivity contribution is 5.85. The van der Waals surface area contributed by atoms with E-state index in [1.165, 1.54) is 12.1 Å². The summed E-state index contributed by atoms with van der Waals surface area (Å²) < 4.78 is 13.2. The molecule has 1 aliphatic rings. The van der Waals surface area contributed by atoms with E-state index >= 15 is 0 Å². The zero-order valence-electron chi connectivity index (χ0n) is 14.1. The molecule has 25 heavy (non-hydrogen) atoms. The Morgan fingerprint density at radius 1 is 1.04 bits per heavy atom. The first kappa shape index (κ1) is 19.3. The van der Waals surface area contributed by atoms with E-state index in [9.17, 15) is 9.18 Å². The molecule has 2 aromatic carbocycles. The lowest BCUT2D eigenvalue weighted by Crippen LogP contribution is -2.39. The standard InChI is InChI=1S/C20H23FN2O.ClH/c21-17-7-5-16(6-8-17)20(11-1-2-12-20)14-23-19(24)13-15-3-9-18(22)10-4-15;/h3-10H,1-2,11-14,22H2,(H,23,24);1H. The minimum atomic E-state index is -0.223. The third-order valence-corrected chi connectivity index (χ3v) is 4.99. The monoisotopic (exact) mass is 362 g/mol. The molecular weight excluding hydrogens is 339 g/mol. The van der Waals surface area contributed by atoms with Crippen molar-refractivity contribution in [3.8, 4) is 0 Å². The van der Waals surface area contributed by atoms with Gasteiger partial charge in [0.1, 0.15) is 5.82 Å². The molecule has 0 aliphatic heterocycles. The molecule has 0 saturated heterocycles. The van der Waals surface area contributed by atoms with Gasteiger partial charge in [0, 0.05) is 17.6 Å². The molecule has 2 aromatic rings. The van der Waals surface area contributed by atoms with Gasteiger partial charge < -0.3 is 11.1 Å². The molecule has 0 aromatic heterocycles. The van der Waals surface area contributed by atoms with Crippen LogP contribution >= 0.6 is 12.4 Å². The van der Waals surface area contributed by atoms with Gasteiger partial charge in [-0.25, -0.2) is 4.39 Å². The zero-order valence-corrected chi connectivity index (χ0v) is 14.9. The summed E-state index contributed by atoms with van der Waals surface area (Å²) in [6.07, 6.45) is 4.69. The van der Waals surface area contributed by atoms with Crippen molar-refractivity contribution in [1.29, 1.82) is 0 Å². The second-order valence-corrected chi connectivity index (χ2v) is 6.69. The number of nitrogens with two attached hydrogens (primary N) is 1. The molecule has 0 unspecified atom stereocenters. The first-order valence-electron chi connectivity index (χ1n) is 8.45. The minimum Gasteiger partial charge on any atom is -0.399 e. The van der Waals surface area contributed by atoms with Gasteiger partial charge in [-0.1, -0.05) is 37.1 Å². The largest absolute Gasteiger partial charge is 0.399 e. The summed E-state index contributed by atoms with van der Waals surface area (Å²) in [5.41, 5.74) is 8.36. The molecule has 0 heterocycles. The van der Waals surface area contributed by atoms with Gasteiger partial charge >= 0.3 is 0 Å². The van der Waals surface area contributed by atoms with E-state index in [1.54, 1.807) is 12.1 Å². The van der Waals surface area contributed by atoms with Crippen LogP contribution in [0.2, 0.25) is 0 Å². The van der Waals surface area contributed by atoms with Crippen LogP contribution in [0.5, 0.6) is 0 Å². The molecule has 3 nitrogen and oxygen atoms in total. The maximum atomic E-state index is 13.2. The number of amides is 1. The van der Waals surface area contributed by atoms with Crippen LogP contribution in [0.4, 0.5) is 10.1 Å². The molecule has 1 aliphatic carbocycles. The van der Waals surface area contributed by atoms with Crippen molar-refractivity contribution in [3.05, 3.63) is 65.5 Å². The first-order valence-corrected chi connectivity index (χ1v) is 8.45. The van der Waals surface area contributed by atoms with Crippen LogP contribution in [0.15, 0.2) is 48.5 Å². The van der Waals surface area contributed by atoms with E-state index < -0.39 is 0 Å². The summed E-state index contributed by atoms with van der Waals surface area (Å²) >= 11 is 0. The predicted octanol–water partition coefficient (Wildman–Crippen LogP) is 4.00. The molecule has 1 amide bonds. The maximum absolute atomic E-state index is 13.2. The number of carbonyl (C=O) groups is 1. The SMILES string of the molecule is Cl.Nc1ccc(CC(=O)NCC2(c3ccc(F)cc3)CCCC2)cc1. The third-order valence-electron chi connectivity index (χ3n) is 4.99. The number of carbonyl (C=O) groups excluding carboxylic acids is 1. The highest BCUT2D eigenvalue weighted by Crippen LogP contribution is 2.40. The van der Waals surface area contributed by atoms with Gasteiger partial charge in [0.25, 0.3) is 0 Å². The molecule has 0 atom stereocenters. The van der Waals surface area contributed by atoms with E-state index in [0.29, 0.717) is 18.7 Å². The van der Waals surface area contributed by atoms with Gasteiger partial charge in [-0.3, -0.25) is 4.79 Å². The van der Waals surface area contributed by atoms with E-state index in [2.05, 4.69) is 5.32 Å². The highest BCUT2D eigenvalue weighted by atomic mass is 35.5. The number of rotatable bonds is 5. The molecule has 3 N–H and O–H groups in total. The molecule has 1 fully saturated rings. The molecular formula is C20H24ClFN2O. The quantitative estimate of drug-likeness (QED) is 0.790. The normalized spacial score (nSPS) is 15.4. The molecule has 1 saturated carbocycles. The summed E-state index contributed by atoms with van der Waals surface area (Å²) in [5, 5.41) is 3.08. The number of benzene rings is 2. The fourth-order valence-corrected chi connectivity index (χ4v) is 3.57. The molecule has 0 spiro atoms. The fraction of sp³-hybridized carbons (Fsp3) is 0.350. The van der Waals surface area contributed by atoms with Crippen molar-refractivity contribution >= 4 is 24.0 Å². The summed E-state index contributed by atoms with van der Waals surface area (Å²) in [6, 6.07) is 14.1. The van der Waals surface area contributed by atoms with Crippen LogP contribution in [0.1, 0.15) is 36.8 Å². The second kappa shape index (κ2) is 8.34. The lowest BCUT2D eigenvalue weighted by molar-refractivity contribution is -0.120. The Balaban J connectivity index is 0.00000225. The predicted molar refractivity (Wildman–Crippen MR) is 101 cm³/mol. The molecule has 134 valence electrons. The Hall–Kier alpha value is -2.07. The number of nitrogens with one attached hydrogen (secondary N) is 1. The molecule has 0 bridgehead atoms. The van der Waals surface area contributed by atoms with Crippen LogP contribution in [0.25, 0.3) is 0 Å². The van der Waals surface area contributed by atoms with E-state index in [1.807, 2.05) is 24.3 Å². The summed E-state index contributed by atoms with van der Waals surface area (Å²) in [6.45, 7) is 0.604. The number of hydrogen-bond acceptors (Lipinski definition) is 2. The summed E-state index contributed by atoms with van der Waals surface area (Å²) in [7, 11) is 0. The van der Waals surface area contributed by atoms with Gasteiger partial charge in [0.05, 0.1) is 6.42 Å². The molecule has 3 rings (SSSR count). The van der Waals surface area contributed by atoms with Gasteiger partial charge in [-0.05, 0) is 48.2 Å². The van der Waals surface area contributed by atoms with Crippen LogP contribution in [-0.4, -0.2) is 12.5 Å². The fourth-order valence-electron chi connectivity index (χ4n) is 3.57. The Bertz CT molecular complexity index is 695. The average molecular weight is 363 g/mol. The smallest absolute Gasteiger partial charge is 0.224 e. The first-order chi connectivity index (χ1) is 11.6. The van der Waals surface area contributed by atoms with Crippen LogP contribution < -0.4 is 11.1 Å². The Kier molecular flexibility index (Phi) is 6.43. The van der Waals surface area contributed by atoms with Crippen LogP contribution in [0, 0.1) is 5.82 Å². The van der Waals surface area contributed by atoms with Crippen molar-refractivity contribution in [2.75, 3.05) is 12.3 Å². The minimum absolute atomic E-state index is 0. The van der Waals surface area contributed by atoms with Crippen LogP contribution in [-0.2, 0) is 16.6 Å². The van der Waals surface area contributed by atoms with Gasteiger partial charge in [-0.15, -0.1) is 12.4 Å². The number of hydrogen-bond donors (Lipinski definition) is 2. The average Bonchev–Trinajstić information content (AvgIpc) is 3.06. The van der Waals surface area contributed by atoms with E-state index in [-0.39, 0.29) is 29.5 Å². The van der Waals surface area contributed by atoms with Gasteiger partial charge in [0.15, 0.2) is 0 Å².